The quantitative estimate of drug-likeness (QED) is 0.0703. The van der Waals surface area contributed by atoms with Crippen molar-refractivity contribution in [1.82, 2.24) is 79.7 Å². The molecule has 0 saturated carbocycles. The van der Waals surface area contributed by atoms with Crippen LogP contribution in [0, 0.1) is 16.2 Å². The van der Waals surface area contributed by atoms with Gasteiger partial charge >= 0.3 is 0 Å². The number of nitrogens with zero attached hydrogens (tertiary/aromatic N) is 24. The van der Waals surface area contributed by atoms with Crippen molar-refractivity contribution in [2.24, 2.45) is 16.2 Å². The zero-order valence-corrected chi connectivity index (χ0v) is 74.3. The minimum atomic E-state index is -2.76. The number of nitrogen functional groups attached to an aromatic ring is 4. The van der Waals surface area contributed by atoms with Gasteiger partial charge in [-0.2, -0.15) is 59.8 Å². The van der Waals surface area contributed by atoms with Gasteiger partial charge in [0.05, 0.1) is 213 Å². The summed E-state index contributed by atoms with van der Waals surface area (Å²) in [6, 6.07) is 5.47. The van der Waals surface area contributed by atoms with Gasteiger partial charge in [-0.1, -0.05) is 0 Å². The number of pyridine rings is 4. The first-order chi connectivity index (χ1) is 64.1. The normalized spacial score (nSPS) is 31.1. The number of alkyl halides is 8. The van der Waals surface area contributed by atoms with Gasteiger partial charge < -0.3 is 114 Å². The van der Waals surface area contributed by atoms with E-state index >= 15 is 0 Å². The Labute approximate surface area is 759 Å². The van der Waals surface area contributed by atoms with Crippen LogP contribution in [0.15, 0.2) is 49.1 Å². The Morgan fingerprint density at radius 3 is 0.842 bits per heavy atom. The summed E-state index contributed by atoms with van der Waals surface area (Å²) in [5.41, 5.74) is 22.1. The molecule has 3 spiro atoms. The summed E-state index contributed by atoms with van der Waals surface area (Å²) in [5, 5.41) is 0. The molecule has 712 valence electrons. The molecule has 0 radical (unpaired) electrons. The van der Waals surface area contributed by atoms with E-state index in [1.54, 1.807) is 0 Å². The topological polar surface area (TPSA) is 438 Å². The fraction of sp³-hybridized carbons (Fsp3) is 0.628. The molecule has 23 rings (SSSR count). The first-order valence-corrected chi connectivity index (χ1v) is 45.0. The van der Waals surface area contributed by atoms with Crippen molar-refractivity contribution in [3.05, 3.63) is 71.3 Å². The molecule has 15 aliphatic rings. The van der Waals surface area contributed by atoms with Gasteiger partial charge in [0, 0.05) is 115 Å². The average Bonchev–Trinajstić information content (AvgIpc) is 1.54. The summed E-state index contributed by atoms with van der Waals surface area (Å²) < 4.78 is 175. The van der Waals surface area contributed by atoms with Crippen molar-refractivity contribution < 1.29 is 87.2 Å². The number of fused-ring (bicyclic) bond motifs is 2. The molecule has 15 saturated heterocycles. The summed E-state index contributed by atoms with van der Waals surface area (Å²) >= 11 is 0. The van der Waals surface area contributed by atoms with E-state index in [-0.39, 0.29) is 198 Å². The highest BCUT2D eigenvalue weighted by Crippen LogP contribution is 2.58. The van der Waals surface area contributed by atoms with Crippen LogP contribution < -0.4 is 62.1 Å². The maximum Gasteiger partial charge on any atom is 0.264 e. The van der Waals surface area contributed by atoms with Gasteiger partial charge in [-0.3, -0.25) is 0 Å². The molecule has 8 unspecified atom stereocenters. The van der Waals surface area contributed by atoms with Gasteiger partial charge in [0.2, 0.25) is 47.6 Å². The predicted molar refractivity (Wildman–Crippen MR) is 466 cm³/mol. The zero-order chi connectivity index (χ0) is 92.4. The number of nitrogens with two attached hydrogens (primary N) is 4. The molecular weight excluding hydrogens is 1750 g/mol. The van der Waals surface area contributed by atoms with E-state index in [1.807, 2.05) is 68.1 Å². The molecule has 2 bridgehead atoms. The molecule has 15 fully saturated rings. The number of aromatic nitrogens is 16. The van der Waals surface area contributed by atoms with Crippen molar-refractivity contribution in [3.63, 3.8) is 0 Å². The monoisotopic (exact) mass is 1860 g/mol. The van der Waals surface area contributed by atoms with Crippen molar-refractivity contribution in [1.29, 1.82) is 0 Å². The van der Waals surface area contributed by atoms with Crippen molar-refractivity contribution >= 4 is 70.9 Å². The van der Waals surface area contributed by atoms with Crippen molar-refractivity contribution in [2.75, 3.05) is 214 Å². The van der Waals surface area contributed by atoms with Gasteiger partial charge in [0.1, 0.15) is 23.3 Å². The minimum Gasteiger partial charge on any atom is -0.384 e. The van der Waals surface area contributed by atoms with Crippen LogP contribution in [-0.4, -0.2) is 322 Å². The Hall–Kier alpha value is -10.8. The Kier molecular flexibility index (Phi) is 24.5. The number of hydrogen-bond acceptors (Lipinski definition) is 39. The van der Waals surface area contributed by atoms with Crippen LogP contribution in [0.4, 0.5) is 106 Å². The summed E-state index contributed by atoms with van der Waals surface area (Å²) in [6.07, 6.45) is -3.87. The minimum absolute atomic E-state index is 0.00968. The van der Waals surface area contributed by atoms with Crippen LogP contribution in [-0.2, 0) is 52.1 Å². The first-order valence-electron chi connectivity index (χ1n) is 45.0. The number of ether oxygens (including phenoxy) is 11. The van der Waals surface area contributed by atoms with Crippen LogP contribution in [0.5, 0.6) is 0 Å². The number of morpholine rings is 5. The molecule has 8 N–H and O–H groups in total. The van der Waals surface area contributed by atoms with E-state index in [2.05, 4.69) is 59.5 Å². The highest BCUT2D eigenvalue weighted by atomic mass is 19.3. The van der Waals surface area contributed by atoms with E-state index in [0.717, 1.165) is 12.8 Å². The molecule has 47 heteroatoms. The summed E-state index contributed by atoms with van der Waals surface area (Å²) in [5.74, 6) is 4.22. The highest BCUT2D eigenvalue weighted by Gasteiger charge is 2.71. The molecule has 23 heterocycles. The average molecular weight is 1860 g/mol. The Morgan fingerprint density at radius 1 is 0.308 bits per heavy atom. The molecule has 39 nitrogen and oxygen atoms in total. The lowest BCUT2D eigenvalue weighted by Gasteiger charge is -2.56. The fourth-order valence-electron chi connectivity index (χ4n) is 21.8. The summed E-state index contributed by atoms with van der Waals surface area (Å²) in [7, 11) is 0. The summed E-state index contributed by atoms with van der Waals surface area (Å²) in [6.45, 7) is 27.4. The lowest BCUT2D eigenvalue weighted by molar-refractivity contribution is -0.00638. The molecule has 8 aromatic heterocycles. The smallest absolute Gasteiger partial charge is 0.264 e. The van der Waals surface area contributed by atoms with Gasteiger partial charge in [-0.15, -0.1) is 0 Å². The predicted octanol–water partition coefficient (Wildman–Crippen LogP) is 7.06. The molecule has 0 aliphatic carbocycles. The van der Waals surface area contributed by atoms with E-state index in [0.29, 0.717) is 199 Å². The lowest BCUT2D eigenvalue weighted by Crippen LogP contribution is -2.72. The molecule has 133 heavy (non-hydrogen) atoms. The maximum atomic E-state index is 14.0. The zero-order valence-electron chi connectivity index (χ0n) is 74.3. The summed E-state index contributed by atoms with van der Waals surface area (Å²) in [4.78, 5) is 89.0. The molecule has 15 aliphatic heterocycles. The SMILES string of the molecule is C[C@@H]1CN(c2nc(-c3cnc(N)cc3C(F)F)nc(N3CCOC[C@H]3C)n2)C[C@H](C)O1.C[C@@H]1CN(c2nc(-c3cnc(N)cc3C(F)F)nc(N3C[C@@H](C)O[C@@H](C)C3)n2)C[C@H](C)O1.Nc1cc(C(F)F)c(-c2nc(N3C4CCC3COC4)nc(N3C4COCC45COCC35)n2)cn1.Nc1cc(C(F)F)c(-c2nc(N3C4COCC45COCC35)nc(N3C4COCC45COCC35)n2)cn1. The van der Waals surface area contributed by atoms with E-state index in [9.17, 15) is 35.1 Å². The molecular formula is C86H106F8N28O11. The van der Waals surface area contributed by atoms with E-state index in [4.69, 9.17) is 115 Å². The third-order valence-electron chi connectivity index (χ3n) is 28.0. The van der Waals surface area contributed by atoms with Crippen LogP contribution >= 0.6 is 0 Å². The third-order valence-corrected chi connectivity index (χ3v) is 28.0. The number of anilines is 12. The fourth-order valence-corrected chi connectivity index (χ4v) is 21.8. The second kappa shape index (κ2) is 36.1. The third kappa shape index (κ3) is 16.7. The maximum absolute atomic E-state index is 14.0. The van der Waals surface area contributed by atoms with Crippen LogP contribution in [0.25, 0.3) is 45.6 Å². The standard InChI is InChI=1S/C23H25F2N7O4.C22H25F2N7O3.C21H29F2N7O2.C20H27F2N7O2/c24-18(25)11-1-17(26)27-2-12(11)19-28-20(31-13-3-33-7-22(13)8-34-4-14(22)31)30-21(29-19)32-15-5-35-9-23(15)10-36-6-16(23)32;23-18(24)13-3-17(25)26-4-14(13)19-27-20(30-11-1-2-12(30)6-32-5-11)29-21(28-19)31-15-7-33-9-22(15)10-34-8-16(22)31;1-11-7-29(8-12(2)31-11)20-26-19(16-6-25-17(24)5-15(16)18(22)23)27-21(28-20)30-9-13(3)32-14(4)10-30;1-11-10-30-5-4-29(11)20-26-18(15-7-24-16(23)6-14(15)17(21)22)25-19(27-20)28-8-12(2)31-13(3)9-28/h1-2,13-16,18H,3-10H2,(H2,26,27);3-4,11-12,15-16,18H,1-2,5-10H2,(H2,25,26);5-6,11-14,18H,7-10H2,1-4H3,(H2,24,25);6-7,11-13,17H,4-5,8-10H2,1-3H3,(H2,23,24)/t;;11-,12+,13-,14+;11-,12-,13+/m...1/s1. The number of hydrogen-bond donors (Lipinski definition) is 4. The van der Waals surface area contributed by atoms with Crippen LogP contribution in [0.2, 0.25) is 0 Å². The van der Waals surface area contributed by atoms with Gasteiger partial charge in [0.25, 0.3) is 25.7 Å². The van der Waals surface area contributed by atoms with Crippen molar-refractivity contribution in [2.45, 2.75) is 178 Å². The lowest BCUT2D eigenvalue weighted by atomic mass is 9.69. The number of halogens is 8. The van der Waals surface area contributed by atoms with Crippen LogP contribution in [0.1, 0.15) is 109 Å². The Morgan fingerprint density at radius 2 is 0.564 bits per heavy atom. The Bertz CT molecular complexity index is 5400. The van der Waals surface area contributed by atoms with Crippen LogP contribution in [0.3, 0.4) is 0 Å². The van der Waals surface area contributed by atoms with Gasteiger partial charge in [0.15, 0.2) is 23.3 Å². The largest absolute Gasteiger partial charge is 0.384 e. The molecule has 0 aromatic carbocycles. The second-order valence-corrected chi connectivity index (χ2v) is 37.1. The van der Waals surface area contributed by atoms with Gasteiger partial charge in [-0.05, 0) is 85.6 Å². The Balaban J connectivity index is 0.000000111. The molecule has 15 atom stereocenters. The first kappa shape index (κ1) is 90.1. The second-order valence-electron chi connectivity index (χ2n) is 37.1. The molecule has 0 amide bonds. The highest BCUT2D eigenvalue weighted by molar-refractivity contribution is 5.70. The van der Waals surface area contributed by atoms with E-state index < -0.39 is 25.7 Å². The molecule has 8 aromatic rings. The van der Waals surface area contributed by atoms with E-state index in [1.165, 1.54) is 49.1 Å². The van der Waals surface area contributed by atoms with Crippen molar-refractivity contribution in [3.8, 4) is 45.6 Å². The van der Waals surface area contributed by atoms with Gasteiger partial charge in [-0.25, -0.2) is 55.1 Å². The number of rotatable bonds is 16.